The van der Waals surface area contributed by atoms with Gasteiger partial charge < -0.3 is 58.3 Å². The van der Waals surface area contributed by atoms with Crippen molar-refractivity contribution in [1.29, 1.82) is 0 Å². The van der Waals surface area contributed by atoms with Crippen LogP contribution in [-0.2, 0) is 44.8 Å². The summed E-state index contributed by atoms with van der Waals surface area (Å²) in [5, 5.41) is 41.7. The fourth-order valence-electron chi connectivity index (χ4n) is 6.30. The molecule has 19 heteroatoms. The lowest BCUT2D eigenvalue weighted by atomic mass is 9.96. The molecule has 1 aromatic carbocycles. The number of likely N-dealkylation sites (tertiary alicyclic amines) is 1. The minimum Gasteiger partial charge on any atom is -0.481 e. The van der Waals surface area contributed by atoms with Crippen LogP contribution < -0.4 is 38.1 Å². The average Bonchev–Trinajstić information content (AvgIpc) is 3.67. The molecule has 0 saturated carbocycles. The van der Waals surface area contributed by atoms with Crippen LogP contribution in [0.25, 0.3) is 0 Å². The first-order chi connectivity index (χ1) is 26.9. The predicted molar refractivity (Wildman–Crippen MR) is 207 cm³/mol. The number of carboxylic acids is 2. The molecule has 1 saturated heterocycles. The highest BCUT2D eigenvalue weighted by molar-refractivity contribution is 5.98. The largest absolute Gasteiger partial charge is 0.481 e. The van der Waals surface area contributed by atoms with Crippen LogP contribution in [0.5, 0.6) is 0 Å². The van der Waals surface area contributed by atoms with Crippen molar-refractivity contribution in [2.45, 2.75) is 121 Å². The molecular weight excluding hydrogens is 744 g/mol. The van der Waals surface area contributed by atoms with Gasteiger partial charge in [0.2, 0.25) is 35.4 Å². The van der Waals surface area contributed by atoms with Gasteiger partial charge in [0.15, 0.2) is 0 Å². The van der Waals surface area contributed by atoms with Crippen LogP contribution >= 0.6 is 0 Å². The molecule has 19 nitrogen and oxygen atoms in total. The molecule has 0 spiro atoms. The van der Waals surface area contributed by atoms with Gasteiger partial charge in [0.25, 0.3) is 0 Å². The SMILES string of the molecule is CC[C@H](C)[C@H](NC(=O)[C@@H](N)CCCCN)C(=O)N[C@@H](Cc1ccccc1)C(=O)N[C@@H](CO)C(=O)N1CCC[C@H]1C(=O)N[C@@H](CC(=O)O)C(=O)N[C@H](C(=O)O)C(C)C. The van der Waals surface area contributed by atoms with Gasteiger partial charge in [0.05, 0.1) is 19.1 Å². The Kier molecular flexibility index (Phi) is 20.1. The number of carbonyl (C=O) groups is 8. The molecule has 1 aliphatic heterocycles. The van der Waals surface area contributed by atoms with Gasteiger partial charge in [-0.3, -0.25) is 33.6 Å². The standard InChI is InChI=1S/C38H60N8O11/c1-5-22(4)31(45-32(50)24(40)14-9-10-16-39)36(54)42-25(18-23-12-7-6-8-13-23)33(51)43-27(20-47)37(55)46-17-11-15-28(46)35(53)41-26(19-29(48)49)34(52)44-30(21(2)3)38(56)57/h6-8,12-13,21-22,24-28,30-31,47H,5,9-11,14-20,39-40H2,1-4H3,(H,41,53)(H,42,54)(H,43,51)(H,44,52)(H,45,50)(H,48,49)(H,56,57)/t22-,24-,25-,26-,27-,28-,30-,31-/m0/s1. The van der Waals surface area contributed by atoms with Crippen molar-refractivity contribution in [1.82, 2.24) is 31.5 Å². The lowest BCUT2D eigenvalue weighted by molar-refractivity contribution is -0.146. The summed E-state index contributed by atoms with van der Waals surface area (Å²) < 4.78 is 0. The van der Waals surface area contributed by atoms with E-state index in [0.29, 0.717) is 44.2 Å². The summed E-state index contributed by atoms with van der Waals surface area (Å²) in [5.74, 6) is -8.60. The van der Waals surface area contributed by atoms with Gasteiger partial charge in [-0.2, -0.15) is 0 Å². The Balaban J connectivity index is 2.28. The molecule has 12 N–H and O–H groups in total. The Morgan fingerprint density at radius 2 is 1.42 bits per heavy atom. The average molecular weight is 805 g/mol. The Morgan fingerprint density at radius 3 is 1.98 bits per heavy atom. The Bertz CT molecular complexity index is 1550. The van der Waals surface area contributed by atoms with Crippen LogP contribution in [-0.4, -0.2) is 130 Å². The van der Waals surface area contributed by atoms with Gasteiger partial charge in [-0.25, -0.2) is 4.79 Å². The molecule has 0 aliphatic carbocycles. The molecule has 1 aliphatic rings. The highest BCUT2D eigenvalue weighted by Gasteiger charge is 2.40. The van der Waals surface area contributed by atoms with Crippen molar-refractivity contribution in [3.8, 4) is 0 Å². The van der Waals surface area contributed by atoms with Gasteiger partial charge in [0, 0.05) is 13.0 Å². The van der Waals surface area contributed by atoms with Crippen LogP contribution in [0.4, 0.5) is 0 Å². The minimum atomic E-state index is -1.68. The second-order valence-corrected chi connectivity index (χ2v) is 14.7. The topological polar surface area (TPSA) is 313 Å². The molecule has 1 heterocycles. The second-order valence-electron chi connectivity index (χ2n) is 14.7. The third-order valence-corrected chi connectivity index (χ3v) is 9.89. The second kappa shape index (κ2) is 23.8. The molecule has 0 aromatic heterocycles. The molecule has 57 heavy (non-hydrogen) atoms. The first kappa shape index (κ1) is 48.0. The fourth-order valence-corrected chi connectivity index (χ4v) is 6.30. The summed E-state index contributed by atoms with van der Waals surface area (Å²) in [6.07, 6.45) is 1.64. The van der Waals surface area contributed by atoms with Crippen molar-refractivity contribution in [2.24, 2.45) is 23.3 Å². The molecule has 8 atom stereocenters. The molecule has 318 valence electrons. The number of carboxylic acid groups (broad SMARTS) is 2. The number of hydrogen-bond acceptors (Lipinski definition) is 11. The summed E-state index contributed by atoms with van der Waals surface area (Å²) in [6.45, 7) is 6.22. The maximum absolute atomic E-state index is 13.9. The van der Waals surface area contributed by atoms with E-state index >= 15 is 0 Å². The molecule has 0 unspecified atom stereocenters. The van der Waals surface area contributed by atoms with Gasteiger partial charge in [-0.05, 0) is 49.6 Å². The van der Waals surface area contributed by atoms with E-state index in [0.717, 1.165) is 4.90 Å². The first-order valence-corrected chi connectivity index (χ1v) is 19.3. The van der Waals surface area contributed by atoms with Crippen molar-refractivity contribution in [3.05, 3.63) is 35.9 Å². The number of amides is 6. The monoisotopic (exact) mass is 804 g/mol. The molecule has 6 amide bonds. The quantitative estimate of drug-likeness (QED) is 0.0525. The Hall–Kier alpha value is -5.14. The van der Waals surface area contributed by atoms with Crippen LogP contribution in [0.2, 0.25) is 0 Å². The van der Waals surface area contributed by atoms with Crippen molar-refractivity contribution in [2.75, 3.05) is 19.7 Å². The number of aliphatic hydroxyl groups excluding tert-OH is 1. The number of carbonyl (C=O) groups excluding carboxylic acids is 6. The van der Waals surface area contributed by atoms with Crippen molar-refractivity contribution >= 4 is 47.4 Å². The number of hydrogen-bond donors (Lipinski definition) is 10. The maximum atomic E-state index is 13.9. The van der Waals surface area contributed by atoms with E-state index in [1.54, 1.807) is 37.3 Å². The predicted octanol–water partition coefficient (Wildman–Crippen LogP) is -1.65. The summed E-state index contributed by atoms with van der Waals surface area (Å²) in [6, 6.07) is -0.422. The van der Waals surface area contributed by atoms with E-state index < -0.39 is 109 Å². The van der Waals surface area contributed by atoms with E-state index in [4.69, 9.17) is 11.5 Å². The number of nitrogens with two attached hydrogens (primary N) is 2. The summed E-state index contributed by atoms with van der Waals surface area (Å²) >= 11 is 0. The number of benzene rings is 1. The van der Waals surface area contributed by atoms with E-state index in [1.165, 1.54) is 13.8 Å². The molecule has 1 aromatic rings. The minimum absolute atomic E-state index is 0.0162. The third kappa shape index (κ3) is 15.0. The van der Waals surface area contributed by atoms with Crippen LogP contribution in [0.3, 0.4) is 0 Å². The first-order valence-electron chi connectivity index (χ1n) is 19.3. The lowest BCUT2D eigenvalue weighted by Crippen LogP contribution is -2.61. The highest BCUT2D eigenvalue weighted by atomic mass is 16.4. The van der Waals surface area contributed by atoms with Crippen molar-refractivity contribution in [3.63, 3.8) is 0 Å². The van der Waals surface area contributed by atoms with Crippen LogP contribution in [0.1, 0.15) is 78.2 Å². The van der Waals surface area contributed by atoms with Crippen LogP contribution in [0.15, 0.2) is 30.3 Å². The van der Waals surface area contributed by atoms with Gasteiger partial charge in [-0.1, -0.05) is 70.9 Å². The molecule has 0 radical (unpaired) electrons. The molecule has 1 fully saturated rings. The number of nitrogens with zero attached hydrogens (tertiary/aromatic N) is 1. The van der Waals surface area contributed by atoms with Crippen LogP contribution in [0, 0.1) is 11.8 Å². The fraction of sp³-hybridized carbons (Fsp3) is 0.632. The number of aliphatic carboxylic acids is 2. The zero-order chi connectivity index (χ0) is 42.8. The Labute approximate surface area is 332 Å². The van der Waals surface area contributed by atoms with Gasteiger partial charge in [0.1, 0.15) is 36.3 Å². The smallest absolute Gasteiger partial charge is 0.326 e. The summed E-state index contributed by atoms with van der Waals surface area (Å²) in [4.78, 5) is 105. The maximum Gasteiger partial charge on any atom is 0.326 e. The van der Waals surface area contributed by atoms with E-state index in [9.17, 15) is 53.7 Å². The Morgan fingerprint density at radius 1 is 0.807 bits per heavy atom. The molecular formula is C38H60N8O11. The zero-order valence-corrected chi connectivity index (χ0v) is 33.1. The highest BCUT2D eigenvalue weighted by Crippen LogP contribution is 2.20. The summed E-state index contributed by atoms with van der Waals surface area (Å²) in [7, 11) is 0. The lowest BCUT2D eigenvalue weighted by Gasteiger charge is -2.31. The molecule has 2 rings (SSSR count). The number of nitrogens with one attached hydrogen (secondary N) is 5. The van der Waals surface area contributed by atoms with Crippen molar-refractivity contribution < 1.29 is 53.7 Å². The zero-order valence-electron chi connectivity index (χ0n) is 33.1. The third-order valence-electron chi connectivity index (χ3n) is 9.89. The number of unbranched alkanes of at least 4 members (excludes halogenated alkanes) is 1. The number of aliphatic hydroxyl groups is 1. The van der Waals surface area contributed by atoms with E-state index in [-0.39, 0.29) is 25.3 Å². The van der Waals surface area contributed by atoms with Gasteiger partial charge >= 0.3 is 11.9 Å². The van der Waals surface area contributed by atoms with E-state index in [2.05, 4.69) is 26.6 Å². The summed E-state index contributed by atoms with van der Waals surface area (Å²) in [5.41, 5.74) is 12.3. The number of rotatable bonds is 24. The van der Waals surface area contributed by atoms with E-state index in [1.807, 2.05) is 6.92 Å². The molecule has 0 bridgehead atoms. The normalized spacial score (nSPS) is 17.5. The van der Waals surface area contributed by atoms with Gasteiger partial charge in [-0.15, -0.1) is 0 Å².